The summed E-state index contributed by atoms with van der Waals surface area (Å²) in [4.78, 5) is 9.10. The van der Waals surface area contributed by atoms with E-state index < -0.39 is 0 Å². The number of oxazole rings is 1. The lowest BCUT2D eigenvalue weighted by Gasteiger charge is -1.97. The van der Waals surface area contributed by atoms with Crippen molar-refractivity contribution >= 4 is 11.1 Å². The van der Waals surface area contributed by atoms with Crippen LogP contribution in [-0.2, 0) is 4.74 Å². The minimum Gasteiger partial charge on any atom is -0.436 e. The van der Waals surface area contributed by atoms with Gasteiger partial charge in [-0.3, -0.25) is 0 Å². The molecule has 0 amide bonds. The van der Waals surface area contributed by atoms with Gasteiger partial charge in [-0.1, -0.05) is 23.4 Å². The molecule has 1 fully saturated rings. The van der Waals surface area contributed by atoms with Crippen LogP contribution in [0.25, 0.3) is 33.9 Å². The zero-order valence-electron chi connectivity index (χ0n) is 13.4. The van der Waals surface area contributed by atoms with Crippen LogP contribution in [-0.4, -0.2) is 28.3 Å². The Hall–Kier alpha value is -2.99. The molecule has 1 atom stereocenters. The summed E-state index contributed by atoms with van der Waals surface area (Å²) < 4.78 is 16.6. The van der Waals surface area contributed by atoms with Crippen LogP contribution >= 0.6 is 0 Å². The molecule has 0 spiro atoms. The highest BCUT2D eigenvalue weighted by Gasteiger charge is 2.24. The Morgan fingerprint density at radius 1 is 0.960 bits per heavy atom. The van der Waals surface area contributed by atoms with E-state index in [1.165, 1.54) is 0 Å². The lowest BCUT2D eigenvalue weighted by molar-refractivity contribution is 0.189. The van der Waals surface area contributed by atoms with Gasteiger partial charge < -0.3 is 13.7 Å². The summed E-state index contributed by atoms with van der Waals surface area (Å²) in [7, 11) is 0. The number of hydrogen-bond acceptors (Lipinski definition) is 6. The molecule has 1 saturated heterocycles. The summed E-state index contributed by atoms with van der Waals surface area (Å²) in [6, 6.07) is 15.6. The monoisotopic (exact) mass is 333 g/mol. The fourth-order valence-corrected chi connectivity index (χ4v) is 3.02. The van der Waals surface area contributed by atoms with E-state index in [1.54, 1.807) is 0 Å². The Morgan fingerprint density at radius 2 is 1.88 bits per heavy atom. The summed E-state index contributed by atoms with van der Waals surface area (Å²) in [5.74, 6) is 2.00. The van der Waals surface area contributed by atoms with Crippen LogP contribution in [0, 0.1) is 0 Å². The second-order valence-corrected chi connectivity index (χ2v) is 6.08. The highest BCUT2D eigenvalue weighted by Crippen LogP contribution is 2.29. The Kier molecular flexibility index (Phi) is 3.34. The van der Waals surface area contributed by atoms with Crippen molar-refractivity contribution in [1.82, 2.24) is 15.1 Å². The van der Waals surface area contributed by atoms with E-state index in [0.717, 1.165) is 35.3 Å². The van der Waals surface area contributed by atoms with E-state index in [0.29, 0.717) is 24.2 Å². The molecule has 0 radical (unpaired) electrons. The average Bonchev–Trinajstić information content (AvgIpc) is 3.40. The molecule has 3 heterocycles. The normalized spacial score (nSPS) is 17.4. The molecule has 124 valence electrons. The number of rotatable bonds is 3. The lowest BCUT2D eigenvalue weighted by atomic mass is 10.1. The van der Waals surface area contributed by atoms with Crippen LogP contribution < -0.4 is 0 Å². The van der Waals surface area contributed by atoms with Crippen LogP contribution in [0.1, 0.15) is 18.2 Å². The van der Waals surface area contributed by atoms with Gasteiger partial charge in [0.05, 0.1) is 12.5 Å². The van der Waals surface area contributed by atoms with E-state index >= 15 is 0 Å². The van der Waals surface area contributed by atoms with Gasteiger partial charge >= 0.3 is 0 Å². The maximum absolute atomic E-state index is 5.84. The number of fused-ring (bicyclic) bond motifs is 1. The average molecular weight is 333 g/mol. The zero-order valence-corrected chi connectivity index (χ0v) is 13.4. The van der Waals surface area contributed by atoms with Gasteiger partial charge in [-0.15, -0.1) is 0 Å². The standard InChI is InChI=1S/C19H15N3O3/c1-2-4-12(5-3-1)18-20-15-10-13(6-7-16(15)24-18)17-21-19(25-22-17)14-8-9-23-11-14/h1-7,10,14H,8-9,11H2/t14-/m0/s1. The number of aromatic nitrogens is 3. The second-order valence-electron chi connectivity index (χ2n) is 6.08. The van der Waals surface area contributed by atoms with E-state index in [9.17, 15) is 0 Å². The van der Waals surface area contributed by atoms with Crippen LogP contribution in [0.3, 0.4) is 0 Å². The minimum atomic E-state index is 0.196. The van der Waals surface area contributed by atoms with E-state index in [1.807, 2.05) is 48.5 Å². The maximum Gasteiger partial charge on any atom is 0.232 e. The largest absolute Gasteiger partial charge is 0.436 e. The summed E-state index contributed by atoms with van der Waals surface area (Å²) in [6.45, 7) is 1.39. The van der Waals surface area contributed by atoms with Crippen LogP contribution in [0.15, 0.2) is 57.5 Å². The molecule has 1 aliphatic heterocycles. The van der Waals surface area contributed by atoms with Crippen LogP contribution in [0.4, 0.5) is 0 Å². The van der Waals surface area contributed by atoms with Gasteiger partial charge in [-0.05, 0) is 36.8 Å². The smallest absolute Gasteiger partial charge is 0.232 e. The molecule has 1 aliphatic rings. The highest BCUT2D eigenvalue weighted by atomic mass is 16.5. The predicted molar refractivity (Wildman–Crippen MR) is 90.9 cm³/mol. The summed E-state index contributed by atoms with van der Waals surface area (Å²) in [6.07, 6.45) is 0.921. The lowest BCUT2D eigenvalue weighted by Crippen LogP contribution is -1.97. The van der Waals surface area contributed by atoms with Crippen molar-refractivity contribution in [2.24, 2.45) is 0 Å². The Balaban J connectivity index is 1.50. The molecule has 5 rings (SSSR count). The summed E-state index contributed by atoms with van der Waals surface area (Å²) in [5, 5.41) is 4.10. The van der Waals surface area contributed by atoms with Crippen molar-refractivity contribution in [3.05, 3.63) is 54.4 Å². The molecule has 0 unspecified atom stereocenters. The SMILES string of the molecule is c1ccc(-c2nc3cc(-c4noc([C@H]5CCOC5)n4)ccc3o2)cc1. The van der Waals surface area contributed by atoms with Crippen molar-refractivity contribution in [2.75, 3.05) is 13.2 Å². The Labute approximate surface area is 143 Å². The van der Waals surface area contributed by atoms with Gasteiger partial charge in [-0.25, -0.2) is 4.98 Å². The Morgan fingerprint density at radius 3 is 2.72 bits per heavy atom. The van der Waals surface area contributed by atoms with Gasteiger partial charge in [0.15, 0.2) is 5.58 Å². The fraction of sp³-hybridized carbons (Fsp3) is 0.211. The number of nitrogens with zero attached hydrogens (tertiary/aromatic N) is 3. The number of benzene rings is 2. The van der Waals surface area contributed by atoms with Gasteiger partial charge in [0.2, 0.25) is 17.6 Å². The highest BCUT2D eigenvalue weighted by molar-refractivity contribution is 5.81. The third-order valence-electron chi connectivity index (χ3n) is 4.39. The van der Waals surface area contributed by atoms with Crippen molar-refractivity contribution in [2.45, 2.75) is 12.3 Å². The third kappa shape index (κ3) is 2.60. The summed E-state index contributed by atoms with van der Waals surface area (Å²) >= 11 is 0. The van der Waals surface area contributed by atoms with E-state index in [2.05, 4.69) is 15.1 Å². The molecule has 25 heavy (non-hydrogen) atoms. The minimum absolute atomic E-state index is 0.196. The van der Waals surface area contributed by atoms with Gasteiger partial charge in [-0.2, -0.15) is 4.98 Å². The maximum atomic E-state index is 5.84. The first-order chi connectivity index (χ1) is 12.4. The fourth-order valence-electron chi connectivity index (χ4n) is 3.02. The quantitative estimate of drug-likeness (QED) is 0.563. The molecule has 6 heteroatoms. The predicted octanol–water partition coefficient (Wildman–Crippen LogP) is 4.05. The van der Waals surface area contributed by atoms with Crippen molar-refractivity contribution in [1.29, 1.82) is 0 Å². The van der Waals surface area contributed by atoms with Crippen molar-refractivity contribution in [3.63, 3.8) is 0 Å². The molecule has 6 nitrogen and oxygen atoms in total. The Bertz CT molecular complexity index is 1020. The first kappa shape index (κ1) is 14.4. The van der Waals surface area contributed by atoms with Gasteiger partial charge in [0.25, 0.3) is 0 Å². The van der Waals surface area contributed by atoms with E-state index in [4.69, 9.17) is 13.7 Å². The summed E-state index contributed by atoms with van der Waals surface area (Å²) in [5.41, 5.74) is 3.31. The first-order valence-electron chi connectivity index (χ1n) is 8.24. The molecule has 0 bridgehead atoms. The zero-order chi connectivity index (χ0) is 16.6. The molecule has 2 aromatic heterocycles. The molecule has 0 N–H and O–H groups in total. The van der Waals surface area contributed by atoms with Crippen molar-refractivity contribution in [3.8, 4) is 22.8 Å². The van der Waals surface area contributed by atoms with Crippen LogP contribution in [0.2, 0.25) is 0 Å². The molecular weight excluding hydrogens is 318 g/mol. The van der Waals surface area contributed by atoms with Gasteiger partial charge in [0.1, 0.15) is 5.52 Å². The molecular formula is C19H15N3O3. The third-order valence-corrected chi connectivity index (χ3v) is 4.39. The molecule has 4 aromatic rings. The van der Waals surface area contributed by atoms with E-state index in [-0.39, 0.29) is 5.92 Å². The molecule has 0 saturated carbocycles. The molecule has 2 aromatic carbocycles. The van der Waals surface area contributed by atoms with Crippen molar-refractivity contribution < 1.29 is 13.7 Å². The van der Waals surface area contributed by atoms with Gasteiger partial charge in [0, 0.05) is 17.7 Å². The topological polar surface area (TPSA) is 74.2 Å². The second kappa shape index (κ2) is 5.82. The first-order valence-corrected chi connectivity index (χ1v) is 8.24. The number of hydrogen-bond donors (Lipinski definition) is 0. The van der Waals surface area contributed by atoms with Crippen LogP contribution in [0.5, 0.6) is 0 Å². The number of ether oxygens (including phenoxy) is 1. The molecule has 0 aliphatic carbocycles.